The molecule has 2 N–H and O–H groups in total. The van der Waals surface area contributed by atoms with Crippen molar-refractivity contribution >= 4 is 27.8 Å². The normalized spacial score (nSPS) is 13.7. The number of hydrogen-bond donors (Lipinski definition) is 2. The molecule has 1 aromatic carbocycles. The van der Waals surface area contributed by atoms with E-state index in [1.165, 1.54) is 25.1 Å². The zero-order valence-corrected chi connectivity index (χ0v) is 12.3. The Morgan fingerprint density at radius 3 is 2.63 bits per heavy atom. The number of benzene rings is 1. The number of nitrogens with one attached hydrogen (secondary N) is 1. The minimum absolute atomic E-state index is 0.0520. The number of carbonyl (C=O) groups is 2. The highest BCUT2D eigenvalue weighted by Crippen LogP contribution is 2.21. The van der Waals surface area contributed by atoms with Crippen LogP contribution in [0.1, 0.15) is 30.6 Å². The standard InChI is InChI=1S/C13H15BrFNO3/c1-3-13(2,12(18)19)7-16-11(17)9-6-8(14)4-5-10(9)15/h4-6H,3,7H2,1-2H3,(H,16,17)(H,18,19). The van der Waals surface area contributed by atoms with Crippen molar-refractivity contribution < 1.29 is 19.1 Å². The lowest BCUT2D eigenvalue weighted by Gasteiger charge is -2.23. The van der Waals surface area contributed by atoms with E-state index in [-0.39, 0.29) is 12.1 Å². The van der Waals surface area contributed by atoms with Gasteiger partial charge in [0.1, 0.15) is 5.82 Å². The van der Waals surface area contributed by atoms with Crippen molar-refractivity contribution in [2.24, 2.45) is 5.41 Å². The molecule has 4 nitrogen and oxygen atoms in total. The predicted molar refractivity (Wildman–Crippen MR) is 72.5 cm³/mol. The molecule has 0 spiro atoms. The van der Waals surface area contributed by atoms with E-state index < -0.39 is 23.1 Å². The van der Waals surface area contributed by atoms with Crippen LogP contribution in [0.5, 0.6) is 0 Å². The Morgan fingerprint density at radius 2 is 2.11 bits per heavy atom. The summed E-state index contributed by atoms with van der Waals surface area (Å²) in [7, 11) is 0. The second kappa shape index (κ2) is 6.14. The lowest BCUT2D eigenvalue weighted by Crippen LogP contribution is -2.40. The Balaban J connectivity index is 2.81. The van der Waals surface area contributed by atoms with Crippen molar-refractivity contribution in [1.29, 1.82) is 0 Å². The fourth-order valence-electron chi connectivity index (χ4n) is 1.39. The van der Waals surface area contributed by atoms with Gasteiger partial charge in [-0.2, -0.15) is 0 Å². The minimum Gasteiger partial charge on any atom is -0.481 e. The van der Waals surface area contributed by atoms with Gasteiger partial charge in [0, 0.05) is 11.0 Å². The van der Waals surface area contributed by atoms with E-state index in [9.17, 15) is 14.0 Å². The molecule has 1 amide bonds. The van der Waals surface area contributed by atoms with Crippen LogP contribution >= 0.6 is 15.9 Å². The van der Waals surface area contributed by atoms with E-state index in [2.05, 4.69) is 21.2 Å². The average Bonchev–Trinajstić information content (AvgIpc) is 2.38. The highest BCUT2D eigenvalue weighted by molar-refractivity contribution is 9.10. The van der Waals surface area contributed by atoms with Gasteiger partial charge in [0.2, 0.25) is 0 Å². The zero-order valence-electron chi connectivity index (χ0n) is 10.7. The summed E-state index contributed by atoms with van der Waals surface area (Å²) in [5, 5.41) is 11.5. The second-order valence-electron chi connectivity index (χ2n) is 4.53. The monoisotopic (exact) mass is 331 g/mol. The van der Waals surface area contributed by atoms with Crippen LogP contribution in [-0.2, 0) is 4.79 Å². The number of amides is 1. The molecule has 104 valence electrons. The molecular weight excluding hydrogens is 317 g/mol. The quantitative estimate of drug-likeness (QED) is 0.871. The summed E-state index contributed by atoms with van der Waals surface area (Å²) in [4.78, 5) is 22.9. The van der Waals surface area contributed by atoms with E-state index >= 15 is 0 Å². The maximum Gasteiger partial charge on any atom is 0.311 e. The molecule has 1 aromatic rings. The smallest absolute Gasteiger partial charge is 0.311 e. The maximum atomic E-state index is 13.5. The Bertz CT molecular complexity index is 507. The van der Waals surface area contributed by atoms with Crippen LogP contribution < -0.4 is 5.32 Å². The average molecular weight is 332 g/mol. The number of carboxylic acids is 1. The van der Waals surface area contributed by atoms with Crippen molar-refractivity contribution in [3.8, 4) is 0 Å². The minimum atomic E-state index is -1.06. The lowest BCUT2D eigenvalue weighted by molar-refractivity contribution is -0.147. The van der Waals surface area contributed by atoms with Crippen LogP contribution in [0.3, 0.4) is 0 Å². The Morgan fingerprint density at radius 1 is 1.47 bits per heavy atom. The predicted octanol–water partition coefficient (Wildman–Crippen LogP) is 2.82. The van der Waals surface area contributed by atoms with Gasteiger partial charge in [-0.25, -0.2) is 4.39 Å². The van der Waals surface area contributed by atoms with Crippen molar-refractivity contribution in [2.75, 3.05) is 6.54 Å². The number of carbonyl (C=O) groups excluding carboxylic acids is 1. The molecule has 0 aromatic heterocycles. The van der Waals surface area contributed by atoms with Gasteiger partial charge >= 0.3 is 5.97 Å². The zero-order chi connectivity index (χ0) is 14.6. The van der Waals surface area contributed by atoms with Crippen molar-refractivity contribution in [1.82, 2.24) is 5.32 Å². The third kappa shape index (κ3) is 3.76. The lowest BCUT2D eigenvalue weighted by atomic mass is 9.87. The maximum absolute atomic E-state index is 13.5. The number of rotatable bonds is 5. The van der Waals surface area contributed by atoms with Gasteiger partial charge in [0.15, 0.2) is 0 Å². The molecule has 1 unspecified atom stereocenters. The number of aliphatic carboxylic acids is 1. The molecule has 0 heterocycles. The summed E-state index contributed by atoms with van der Waals surface area (Å²) >= 11 is 3.15. The van der Waals surface area contributed by atoms with Crippen molar-refractivity contribution in [3.05, 3.63) is 34.1 Å². The molecule has 0 bridgehead atoms. The number of carboxylic acid groups (broad SMARTS) is 1. The van der Waals surface area contributed by atoms with Gasteiger partial charge in [-0.1, -0.05) is 22.9 Å². The van der Waals surface area contributed by atoms with Crippen LogP contribution in [-0.4, -0.2) is 23.5 Å². The summed E-state index contributed by atoms with van der Waals surface area (Å²) in [6.45, 7) is 3.20. The second-order valence-corrected chi connectivity index (χ2v) is 5.44. The van der Waals surface area contributed by atoms with Gasteiger partial charge in [-0.15, -0.1) is 0 Å². The van der Waals surface area contributed by atoms with Gasteiger partial charge in [-0.05, 0) is 31.5 Å². The molecule has 1 rings (SSSR count). The van der Waals surface area contributed by atoms with Gasteiger partial charge in [0.05, 0.1) is 11.0 Å². The third-order valence-electron chi connectivity index (χ3n) is 3.11. The molecule has 0 radical (unpaired) electrons. The molecule has 0 saturated heterocycles. The van der Waals surface area contributed by atoms with E-state index in [1.807, 2.05) is 0 Å². The molecule has 0 fully saturated rings. The molecule has 19 heavy (non-hydrogen) atoms. The van der Waals surface area contributed by atoms with Crippen LogP contribution in [0, 0.1) is 11.2 Å². The summed E-state index contributed by atoms with van der Waals surface area (Å²) in [6, 6.07) is 4.02. The molecule has 0 saturated carbocycles. The summed E-state index contributed by atoms with van der Waals surface area (Å²) < 4.78 is 14.1. The van der Waals surface area contributed by atoms with Crippen molar-refractivity contribution in [2.45, 2.75) is 20.3 Å². The molecule has 6 heteroatoms. The highest BCUT2D eigenvalue weighted by atomic mass is 79.9. The van der Waals surface area contributed by atoms with E-state index in [1.54, 1.807) is 6.92 Å². The largest absolute Gasteiger partial charge is 0.481 e. The molecular formula is C13H15BrFNO3. The Kier molecular flexibility index (Phi) is 5.05. The number of hydrogen-bond acceptors (Lipinski definition) is 2. The van der Waals surface area contributed by atoms with Crippen LogP contribution in [0.4, 0.5) is 4.39 Å². The summed E-state index contributed by atoms with van der Waals surface area (Å²) in [5.41, 5.74) is -1.17. The number of halogens is 2. The first-order valence-electron chi connectivity index (χ1n) is 5.77. The van der Waals surface area contributed by atoms with Gasteiger partial charge in [0.25, 0.3) is 5.91 Å². The third-order valence-corrected chi connectivity index (χ3v) is 3.60. The van der Waals surface area contributed by atoms with E-state index in [0.717, 1.165) is 0 Å². The summed E-state index contributed by atoms with van der Waals surface area (Å²) in [5.74, 6) is -2.26. The van der Waals surface area contributed by atoms with Crippen molar-refractivity contribution in [3.63, 3.8) is 0 Å². The molecule has 0 aliphatic rings. The Labute approximate surface area is 119 Å². The molecule has 1 atom stereocenters. The first kappa shape index (κ1) is 15.6. The Hall–Kier alpha value is -1.43. The SMILES string of the molecule is CCC(C)(CNC(=O)c1cc(Br)ccc1F)C(=O)O. The van der Waals surface area contributed by atoms with Crippen LogP contribution in [0.25, 0.3) is 0 Å². The molecule has 0 aliphatic heterocycles. The van der Waals surface area contributed by atoms with Gasteiger partial charge < -0.3 is 10.4 Å². The van der Waals surface area contributed by atoms with Crippen LogP contribution in [0.15, 0.2) is 22.7 Å². The topological polar surface area (TPSA) is 66.4 Å². The first-order chi connectivity index (χ1) is 8.80. The van der Waals surface area contributed by atoms with Crippen LogP contribution in [0.2, 0.25) is 0 Å². The van der Waals surface area contributed by atoms with E-state index in [0.29, 0.717) is 10.9 Å². The fraction of sp³-hybridized carbons (Fsp3) is 0.385. The molecule has 0 aliphatic carbocycles. The summed E-state index contributed by atoms with van der Waals surface area (Å²) in [6.07, 6.45) is 0.365. The fourth-order valence-corrected chi connectivity index (χ4v) is 1.76. The first-order valence-corrected chi connectivity index (χ1v) is 6.56. The highest BCUT2D eigenvalue weighted by Gasteiger charge is 2.31. The van der Waals surface area contributed by atoms with Gasteiger partial charge in [-0.3, -0.25) is 9.59 Å². The van der Waals surface area contributed by atoms with E-state index in [4.69, 9.17) is 5.11 Å².